The number of carbonyl (C=O) groups is 1. The van der Waals surface area contributed by atoms with Crippen LogP contribution in [-0.2, 0) is 0 Å². The first-order chi connectivity index (χ1) is 12.1. The molecular formula is C20H22ClN3O. The van der Waals surface area contributed by atoms with E-state index in [0.29, 0.717) is 25.2 Å². The molecule has 1 aromatic heterocycles. The lowest BCUT2D eigenvalue weighted by atomic mass is 10.0. The molecule has 1 heterocycles. The quantitative estimate of drug-likeness (QED) is 0.588. The van der Waals surface area contributed by atoms with E-state index in [1.165, 1.54) is 5.56 Å². The van der Waals surface area contributed by atoms with Crippen LogP contribution in [0.25, 0.3) is 22.0 Å². The van der Waals surface area contributed by atoms with Gasteiger partial charge in [0.25, 0.3) is 5.91 Å². The number of carbonyl (C=O) groups excluding carboxylic acids is 1. The molecule has 5 heteroatoms. The normalized spacial score (nSPS) is 12.3. The van der Waals surface area contributed by atoms with Gasteiger partial charge < -0.3 is 16.0 Å². The highest BCUT2D eigenvalue weighted by Crippen LogP contribution is 2.25. The Hall–Kier alpha value is -2.30. The van der Waals surface area contributed by atoms with Gasteiger partial charge in [-0.3, -0.25) is 4.79 Å². The number of H-pyrrole nitrogens is 1. The number of fused-ring (bicyclic) bond motifs is 1. The van der Waals surface area contributed by atoms with E-state index in [1.54, 1.807) is 0 Å². The highest BCUT2D eigenvalue weighted by Gasteiger charge is 2.12. The number of aryl methyl sites for hydroxylation is 1. The van der Waals surface area contributed by atoms with Crippen LogP contribution in [0, 0.1) is 6.92 Å². The lowest BCUT2D eigenvalue weighted by molar-refractivity contribution is 0.0949. The third kappa shape index (κ3) is 4.21. The number of aromatic amines is 1. The molecule has 0 saturated carbocycles. The van der Waals surface area contributed by atoms with Crippen molar-refractivity contribution in [2.24, 2.45) is 5.73 Å². The highest BCUT2D eigenvalue weighted by molar-refractivity contribution is 6.21. The summed E-state index contributed by atoms with van der Waals surface area (Å²) in [6.45, 7) is 2.99. The lowest BCUT2D eigenvalue weighted by Crippen LogP contribution is -2.30. The molecule has 0 aliphatic rings. The number of hydrogen-bond acceptors (Lipinski definition) is 2. The van der Waals surface area contributed by atoms with Crippen molar-refractivity contribution in [3.63, 3.8) is 0 Å². The molecule has 130 valence electrons. The van der Waals surface area contributed by atoms with Gasteiger partial charge >= 0.3 is 0 Å². The maximum Gasteiger partial charge on any atom is 0.267 e. The van der Waals surface area contributed by atoms with Crippen molar-refractivity contribution in [2.75, 3.05) is 13.1 Å². The number of amides is 1. The second-order valence-corrected chi connectivity index (χ2v) is 6.85. The van der Waals surface area contributed by atoms with Crippen LogP contribution in [-0.4, -0.2) is 29.4 Å². The largest absolute Gasteiger partial charge is 0.351 e. The molecule has 0 bridgehead atoms. The molecule has 0 aliphatic heterocycles. The summed E-state index contributed by atoms with van der Waals surface area (Å²) < 4.78 is 0. The summed E-state index contributed by atoms with van der Waals surface area (Å²) in [6.07, 6.45) is 0.675. The molecule has 0 saturated heterocycles. The van der Waals surface area contributed by atoms with E-state index >= 15 is 0 Å². The molecule has 4 nitrogen and oxygen atoms in total. The zero-order valence-corrected chi connectivity index (χ0v) is 14.9. The van der Waals surface area contributed by atoms with Gasteiger partial charge in [-0.2, -0.15) is 0 Å². The van der Waals surface area contributed by atoms with E-state index < -0.39 is 0 Å². The number of halogens is 1. The molecule has 0 radical (unpaired) electrons. The van der Waals surface area contributed by atoms with Crippen molar-refractivity contribution in [3.05, 3.63) is 59.8 Å². The highest BCUT2D eigenvalue weighted by atomic mass is 35.5. The van der Waals surface area contributed by atoms with Crippen LogP contribution in [0.1, 0.15) is 22.5 Å². The molecule has 25 heavy (non-hydrogen) atoms. The van der Waals surface area contributed by atoms with Crippen molar-refractivity contribution >= 4 is 28.4 Å². The Kier molecular flexibility index (Phi) is 5.41. The van der Waals surface area contributed by atoms with E-state index in [4.69, 9.17) is 17.3 Å². The van der Waals surface area contributed by atoms with Crippen molar-refractivity contribution in [1.82, 2.24) is 10.3 Å². The predicted octanol–water partition coefficient (Wildman–Crippen LogP) is 3.83. The van der Waals surface area contributed by atoms with Crippen molar-refractivity contribution in [3.8, 4) is 11.1 Å². The fourth-order valence-electron chi connectivity index (χ4n) is 2.76. The third-order valence-electron chi connectivity index (χ3n) is 4.22. The molecule has 0 unspecified atom stereocenters. The first-order valence-electron chi connectivity index (χ1n) is 8.39. The molecule has 4 N–H and O–H groups in total. The Morgan fingerprint density at radius 3 is 2.60 bits per heavy atom. The minimum atomic E-state index is -0.157. The van der Waals surface area contributed by atoms with E-state index in [2.05, 4.69) is 53.6 Å². The van der Waals surface area contributed by atoms with E-state index in [0.717, 1.165) is 22.0 Å². The Morgan fingerprint density at radius 1 is 1.16 bits per heavy atom. The van der Waals surface area contributed by atoms with E-state index in [9.17, 15) is 4.79 Å². The summed E-state index contributed by atoms with van der Waals surface area (Å²) in [5, 5.41) is 3.70. The minimum Gasteiger partial charge on any atom is -0.351 e. The number of rotatable bonds is 6. The van der Waals surface area contributed by atoms with Crippen LogP contribution in [0.4, 0.5) is 0 Å². The van der Waals surface area contributed by atoms with Crippen LogP contribution >= 0.6 is 11.6 Å². The molecule has 2 aromatic carbocycles. The summed E-state index contributed by atoms with van der Waals surface area (Å²) in [5.41, 5.74) is 10.4. The number of nitrogens with one attached hydrogen (secondary N) is 2. The average molecular weight is 356 g/mol. The maximum atomic E-state index is 12.3. The van der Waals surface area contributed by atoms with Gasteiger partial charge in [-0.25, -0.2) is 0 Å². The molecule has 0 fully saturated rings. The lowest BCUT2D eigenvalue weighted by Gasteiger charge is -2.08. The Bertz CT molecular complexity index is 870. The van der Waals surface area contributed by atoms with Crippen LogP contribution in [0.2, 0.25) is 0 Å². The van der Waals surface area contributed by atoms with Gasteiger partial charge in [-0.05, 0) is 43.1 Å². The summed E-state index contributed by atoms with van der Waals surface area (Å²) in [6, 6.07) is 16.4. The second-order valence-electron chi connectivity index (χ2n) is 6.24. The molecule has 1 amide bonds. The Labute approximate surface area is 152 Å². The van der Waals surface area contributed by atoms with Gasteiger partial charge in [0.2, 0.25) is 0 Å². The zero-order valence-electron chi connectivity index (χ0n) is 14.2. The van der Waals surface area contributed by atoms with Crippen molar-refractivity contribution < 1.29 is 4.79 Å². The average Bonchev–Trinajstić information content (AvgIpc) is 3.04. The molecule has 3 aromatic rings. The topological polar surface area (TPSA) is 70.9 Å². The smallest absolute Gasteiger partial charge is 0.267 e. The van der Waals surface area contributed by atoms with E-state index in [1.807, 2.05) is 12.1 Å². The van der Waals surface area contributed by atoms with Gasteiger partial charge in [-0.1, -0.05) is 42.0 Å². The van der Waals surface area contributed by atoms with Crippen LogP contribution < -0.4 is 11.1 Å². The second kappa shape index (κ2) is 7.72. The summed E-state index contributed by atoms with van der Waals surface area (Å²) in [5.74, 6) is -0.157. The molecule has 0 spiro atoms. The first-order valence-corrected chi connectivity index (χ1v) is 8.82. The SMILES string of the molecule is Cc1ccc(-c2ccc3cc(C(=O)NC[C@@H](Cl)CCN)[nH]c3c2)cc1. The van der Waals surface area contributed by atoms with Crippen LogP contribution in [0.3, 0.4) is 0 Å². The monoisotopic (exact) mass is 355 g/mol. The number of benzene rings is 2. The predicted molar refractivity (Wildman–Crippen MR) is 104 cm³/mol. The Morgan fingerprint density at radius 2 is 1.88 bits per heavy atom. The Balaban J connectivity index is 1.78. The molecule has 3 rings (SSSR count). The minimum absolute atomic E-state index is 0.147. The fraction of sp³-hybridized carbons (Fsp3) is 0.250. The van der Waals surface area contributed by atoms with Gasteiger partial charge in [-0.15, -0.1) is 11.6 Å². The first kappa shape index (κ1) is 17.5. The summed E-state index contributed by atoms with van der Waals surface area (Å²) in [4.78, 5) is 15.5. The van der Waals surface area contributed by atoms with Crippen LogP contribution in [0.15, 0.2) is 48.5 Å². The van der Waals surface area contributed by atoms with Gasteiger partial charge in [0, 0.05) is 17.4 Å². The van der Waals surface area contributed by atoms with Gasteiger partial charge in [0.15, 0.2) is 0 Å². The summed E-state index contributed by atoms with van der Waals surface area (Å²) >= 11 is 6.09. The van der Waals surface area contributed by atoms with Gasteiger partial charge in [0.1, 0.15) is 5.69 Å². The standard InChI is InChI=1S/C20H22ClN3O/c1-13-2-4-14(5-3-13)15-6-7-16-11-19(24-18(16)10-15)20(25)23-12-17(21)8-9-22/h2-7,10-11,17,24H,8-9,12,22H2,1H3,(H,23,25)/t17-/m0/s1. The molecular weight excluding hydrogens is 334 g/mol. The van der Waals surface area contributed by atoms with Crippen molar-refractivity contribution in [2.45, 2.75) is 18.7 Å². The van der Waals surface area contributed by atoms with Gasteiger partial charge in [0.05, 0.1) is 5.38 Å². The fourth-order valence-corrected chi connectivity index (χ4v) is 2.96. The number of aromatic nitrogens is 1. The van der Waals surface area contributed by atoms with E-state index in [-0.39, 0.29) is 11.3 Å². The zero-order chi connectivity index (χ0) is 17.8. The van der Waals surface area contributed by atoms with Crippen molar-refractivity contribution in [1.29, 1.82) is 0 Å². The number of hydrogen-bond donors (Lipinski definition) is 3. The summed E-state index contributed by atoms with van der Waals surface area (Å²) in [7, 11) is 0. The molecule has 1 atom stereocenters. The third-order valence-corrected chi connectivity index (χ3v) is 4.59. The maximum absolute atomic E-state index is 12.3. The van der Waals surface area contributed by atoms with Crippen LogP contribution in [0.5, 0.6) is 0 Å². The number of alkyl halides is 1. The molecule has 0 aliphatic carbocycles. The number of nitrogens with two attached hydrogens (primary N) is 1.